The van der Waals surface area contributed by atoms with E-state index >= 15 is 0 Å². The van der Waals surface area contributed by atoms with Crippen molar-refractivity contribution in [3.63, 3.8) is 0 Å². The third kappa shape index (κ3) is 2.27. The van der Waals surface area contributed by atoms with Crippen LogP contribution in [0.4, 0.5) is 0 Å². The third-order valence-corrected chi connectivity index (χ3v) is 3.17. The Morgan fingerprint density at radius 2 is 1.94 bits per heavy atom. The number of rotatable bonds is 3. The van der Waals surface area contributed by atoms with E-state index in [0.29, 0.717) is 6.42 Å². The molecule has 2 aromatic heterocycles. The smallest absolute Gasteiger partial charge is 0.302 e. The number of aryl methyl sites for hydroxylation is 3. The average molecular weight is 248 g/mol. The lowest BCUT2D eigenvalue weighted by Gasteiger charge is -2.02. The minimum atomic E-state index is -0.618. The van der Waals surface area contributed by atoms with Gasteiger partial charge in [0.2, 0.25) is 5.43 Å². The van der Waals surface area contributed by atoms with Crippen molar-refractivity contribution in [3.8, 4) is 0 Å². The molecule has 0 radical (unpaired) electrons. The Labute approximate surface area is 104 Å². The molecule has 0 aliphatic rings. The molecule has 96 valence electrons. The summed E-state index contributed by atoms with van der Waals surface area (Å²) in [5.41, 5.74) is 2.91. The van der Waals surface area contributed by atoms with E-state index < -0.39 is 11.0 Å². The maximum absolute atomic E-state index is 11.2. The zero-order valence-electron chi connectivity index (χ0n) is 10.7. The summed E-state index contributed by atoms with van der Waals surface area (Å²) in [6.45, 7) is 3.99. The molecule has 6 heteroatoms. The van der Waals surface area contributed by atoms with Crippen LogP contribution in [-0.2, 0) is 19.9 Å². The Morgan fingerprint density at radius 3 is 2.50 bits per heavy atom. The molecule has 2 rings (SSSR count). The largest absolute Gasteiger partial charge is 0.310 e. The zero-order chi connectivity index (χ0) is 13.3. The summed E-state index contributed by atoms with van der Waals surface area (Å²) < 4.78 is 1.85. The van der Waals surface area contributed by atoms with Gasteiger partial charge in [0.1, 0.15) is 0 Å². The number of H-pyrrole nitrogens is 2. The number of hydrogen-bond acceptors (Lipinski definition) is 3. The molecule has 2 heterocycles. The number of aromatic amines is 2. The van der Waals surface area contributed by atoms with Crippen molar-refractivity contribution >= 4 is 0 Å². The molecule has 0 fully saturated rings. The highest BCUT2D eigenvalue weighted by molar-refractivity contribution is 5.25. The van der Waals surface area contributed by atoms with E-state index in [-0.39, 0.29) is 0 Å². The van der Waals surface area contributed by atoms with Gasteiger partial charge in [0.15, 0.2) is 0 Å². The summed E-state index contributed by atoms with van der Waals surface area (Å²) in [4.78, 5) is 22.2. The van der Waals surface area contributed by atoms with Crippen molar-refractivity contribution in [1.29, 1.82) is 0 Å². The number of nitrogens with zero attached hydrogens (tertiary/aromatic N) is 2. The van der Waals surface area contributed by atoms with Crippen molar-refractivity contribution in [2.45, 2.75) is 26.7 Å². The lowest BCUT2D eigenvalue weighted by molar-refractivity contribution is 0.729. The van der Waals surface area contributed by atoms with Crippen LogP contribution in [0.15, 0.2) is 15.7 Å². The summed E-state index contributed by atoms with van der Waals surface area (Å²) in [5, 5.41) is 9.40. The second-order valence-electron chi connectivity index (χ2n) is 4.39. The molecule has 0 atom stereocenters. The van der Waals surface area contributed by atoms with Gasteiger partial charge in [-0.1, -0.05) is 0 Å². The first-order valence-electron chi connectivity index (χ1n) is 5.79. The Balaban J connectivity index is 2.19. The van der Waals surface area contributed by atoms with Gasteiger partial charge in [-0.05, 0) is 32.3 Å². The van der Waals surface area contributed by atoms with Crippen LogP contribution in [0.25, 0.3) is 0 Å². The van der Waals surface area contributed by atoms with Gasteiger partial charge in [-0.3, -0.25) is 19.4 Å². The number of aromatic nitrogens is 4. The molecule has 2 N–H and O–H groups in total. The standard InChI is InChI=1S/C12H16N4O2/c1-7-10(8(2)16(3)15-7)5-4-9-6-11(17)12(18)14-13-9/h6H,4-5H2,1-3H3,(H,13,17)(H,14,18). The summed E-state index contributed by atoms with van der Waals surface area (Å²) in [7, 11) is 1.91. The topological polar surface area (TPSA) is 83.5 Å². The summed E-state index contributed by atoms with van der Waals surface area (Å²) in [5.74, 6) is 0. The maximum atomic E-state index is 11.2. The monoisotopic (exact) mass is 248 g/mol. The van der Waals surface area contributed by atoms with Crippen LogP contribution in [0.5, 0.6) is 0 Å². The van der Waals surface area contributed by atoms with Gasteiger partial charge in [-0.15, -0.1) is 0 Å². The van der Waals surface area contributed by atoms with E-state index in [1.54, 1.807) is 0 Å². The molecule has 0 aliphatic carbocycles. The van der Waals surface area contributed by atoms with Crippen molar-refractivity contribution in [2.75, 3.05) is 0 Å². The predicted molar refractivity (Wildman–Crippen MR) is 67.8 cm³/mol. The van der Waals surface area contributed by atoms with Crippen LogP contribution < -0.4 is 11.0 Å². The number of nitrogens with one attached hydrogen (secondary N) is 2. The van der Waals surface area contributed by atoms with E-state index in [0.717, 1.165) is 23.5 Å². The lowest BCUT2D eigenvalue weighted by atomic mass is 10.1. The lowest BCUT2D eigenvalue weighted by Crippen LogP contribution is -2.27. The zero-order valence-corrected chi connectivity index (χ0v) is 10.7. The van der Waals surface area contributed by atoms with E-state index in [1.165, 1.54) is 11.6 Å². The van der Waals surface area contributed by atoms with Crippen LogP contribution in [0.2, 0.25) is 0 Å². The Bertz CT molecular complexity index is 678. The van der Waals surface area contributed by atoms with Crippen LogP contribution in [0, 0.1) is 13.8 Å². The van der Waals surface area contributed by atoms with Crippen LogP contribution in [-0.4, -0.2) is 20.0 Å². The Kier molecular flexibility index (Phi) is 3.18. The first-order valence-corrected chi connectivity index (χ1v) is 5.79. The van der Waals surface area contributed by atoms with Gasteiger partial charge < -0.3 is 5.10 Å². The molecule has 18 heavy (non-hydrogen) atoms. The highest BCUT2D eigenvalue weighted by atomic mass is 16.2. The Morgan fingerprint density at radius 1 is 1.22 bits per heavy atom. The highest BCUT2D eigenvalue weighted by Gasteiger charge is 2.09. The first kappa shape index (κ1) is 12.3. The molecule has 0 bridgehead atoms. The molecule has 0 unspecified atom stereocenters. The fraction of sp³-hybridized carbons (Fsp3) is 0.417. The maximum Gasteiger partial charge on any atom is 0.310 e. The van der Waals surface area contributed by atoms with Crippen LogP contribution in [0.1, 0.15) is 22.6 Å². The minimum absolute atomic E-state index is 0.511. The van der Waals surface area contributed by atoms with Gasteiger partial charge in [0.05, 0.1) is 5.69 Å². The molecule has 0 saturated heterocycles. The Hall–Kier alpha value is -2.11. The van der Waals surface area contributed by atoms with Crippen molar-refractivity contribution in [2.24, 2.45) is 7.05 Å². The predicted octanol–water partition coefficient (Wildman–Crippen LogP) is 0.199. The van der Waals surface area contributed by atoms with Gasteiger partial charge in [-0.25, -0.2) is 0 Å². The second-order valence-corrected chi connectivity index (χ2v) is 4.39. The van der Waals surface area contributed by atoms with Gasteiger partial charge >= 0.3 is 5.56 Å². The van der Waals surface area contributed by atoms with Crippen molar-refractivity contribution in [3.05, 3.63) is 49.3 Å². The van der Waals surface area contributed by atoms with Crippen molar-refractivity contribution < 1.29 is 0 Å². The highest BCUT2D eigenvalue weighted by Crippen LogP contribution is 2.13. The number of hydrogen-bond donors (Lipinski definition) is 2. The molecular formula is C12H16N4O2. The third-order valence-electron chi connectivity index (χ3n) is 3.17. The van der Waals surface area contributed by atoms with Gasteiger partial charge in [0, 0.05) is 24.5 Å². The molecule has 0 amide bonds. The van der Waals surface area contributed by atoms with Gasteiger partial charge in [-0.2, -0.15) is 5.10 Å². The first-order chi connectivity index (χ1) is 8.49. The van der Waals surface area contributed by atoms with Gasteiger partial charge in [0.25, 0.3) is 0 Å². The summed E-state index contributed by atoms with van der Waals surface area (Å²) in [6.07, 6.45) is 1.45. The SMILES string of the molecule is Cc1nn(C)c(C)c1CCc1cc(=O)c(=O)[nH][nH]1. The summed E-state index contributed by atoms with van der Waals surface area (Å²) in [6, 6.07) is 1.35. The minimum Gasteiger partial charge on any atom is -0.302 e. The molecule has 0 spiro atoms. The molecule has 0 aliphatic heterocycles. The molecular weight excluding hydrogens is 232 g/mol. The fourth-order valence-corrected chi connectivity index (χ4v) is 2.03. The molecule has 0 aromatic carbocycles. The van der Waals surface area contributed by atoms with Crippen molar-refractivity contribution in [1.82, 2.24) is 20.0 Å². The van der Waals surface area contributed by atoms with E-state index in [1.807, 2.05) is 25.6 Å². The second kappa shape index (κ2) is 4.64. The van der Waals surface area contributed by atoms with E-state index in [9.17, 15) is 9.59 Å². The summed E-state index contributed by atoms with van der Waals surface area (Å²) >= 11 is 0. The molecule has 6 nitrogen and oxygen atoms in total. The van der Waals surface area contributed by atoms with E-state index in [2.05, 4.69) is 15.3 Å². The average Bonchev–Trinajstić information content (AvgIpc) is 2.56. The molecule has 2 aromatic rings. The molecule has 0 saturated carbocycles. The van der Waals surface area contributed by atoms with Crippen LogP contribution in [0.3, 0.4) is 0 Å². The fourth-order valence-electron chi connectivity index (χ4n) is 2.03. The van der Waals surface area contributed by atoms with Crippen LogP contribution >= 0.6 is 0 Å². The quantitative estimate of drug-likeness (QED) is 0.761. The van der Waals surface area contributed by atoms with E-state index in [4.69, 9.17) is 0 Å². The normalized spacial score (nSPS) is 10.8.